The Morgan fingerprint density at radius 2 is 1.80 bits per heavy atom. The zero-order chi connectivity index (χ0) is 12.0. The molecule has 0 heterocycles. The first-order valence-electron chi connectivity index (χ1n) is 4.85. The summed E-state index contributed by atoms with van der Waals surface area (Å²) in [6, 6.07) is 0. The lowest BCUT2D eigenvalue weighted by atomic mass is 10.2. The monoisotopic (exact) mass is 216 g/mol. The van der Waals surface area contributed by atoms with Crippen molar-refractivity contribution in [3.63, 3.8) is 0 Å². The molecule has 1 amide bonds. The predicted octanol–water partition coefficient (Wildman–Crippen LogP) is -0.184. The molecule has 0 aliphatic heterocycles. The summed E-state index contributed by atoms with van der Waals surface area (Å²) < 4.78 is 4.60. The smallest absolute Gasteiger partial charge is 0.309 e. The second-order valence-corrected chi connectivity index (χ2v) is 3.91. The van der Waals surface area contributed by atoms with Crippen LogP contribution >= 0.6 is 0 Å². The van der Waals surface area contributed by atoms with Crippen molar-refractivity contribution in [2.24, 2.45) is 5.92 Å². The molecule has 0 aromatic heterocycles. The van der Waals surface area contributed by atoms with Crippen molar-refractivity contribution in [2.75, 3.05) is 41.3 Å². The quantitative estimate of drug-likeness (QED) is 0.598. The van der Waals surface area contributed by atoms with E-state index in [0.717, 1.165) is 0 Å². The van der Waals surface area contributed by atoms with E-state index in [1.54, 1.807) is 28.1 Å². The zero-order valence-corrected chi connectivity index (χ0v) is 10.1. The van der Waals surface area contributed by atoms with E-state index in [-0.39, 0.29) is 17.8 Å². The summed E-state index contributed by atoms with van der Waals surface area (Å²) in [6.45, 7) is 2.61. The van der Waals surface area contributed by atoms with Gasteiger partial charge in [-0.15, -0.1) is 0 Å². The van der Waals surface area contributed by atoms with Crippen LogP contribution in [-0.4, -0.2) is 63.0 Å². The number of esters is 1. The zero-order valence-electron chi connectivity index (χ0n) is 10.1. The summed E-state index contributed by atoms with van der Waals surface area (Å²) in [5, 5.41) is 0. The molecule has 0 spiro atoms. The molecule has 0 aliphatic carbocycles. The first kappa shape index (κ1) is 13.9. The third-order valence-electron chi connectivity index (χ3n) is 2.09. The molecule has 0 N–H and O–H groups in total. The van der Waals surface area contributed by atoms with Crippen LogP contribution in [-0.2, 0) is 14.3 Å². The van der Waals surface area contributed by atoms with Crippen LogP contribution in [0.15, 0.2) is 0 Å². The normalized spacial score (nSPS) is 12.4. The lowest BCUT2D eigenvalue weighted by Crippen LogP contribution is -2.37. The molecule has 0 bridgehead atoms. The van der Waals surface area contributed by atoms with E-state index in [1.807, 2.05) is 4.90 Å². The van der Waals surface area contributed by atoms with Gasteiger partial charge in [-0.1, -0.05) is 6.92 Å². The van der Waals surface area contributed by atoms with Gasteiger partial charge in [0, 0.05) is 20.6 Å². The lowest BCUT2D eigenvalue weighted by Gasteiger charge is -2.21. The number of carbonyl (C=O) groups is 2. The van der Waals surface area contributed by atoms with Crippen molar-refractivity contribution in [3.8, 4) is 0 Å². The molecule has 0 aliphatic rings. The van der Waals surface area contributed by atoms with E-state index in [1.165, 1.54) is 12.0 Å². The Kier molecular flexibility index (Phi) is 5.93. The molecule has 0 aromatic carbocycles. The largest absolute Gasteiger partial charge is 0.469 e. The number of hydrogen-bond acceptors (Lipinski definition) is 4. The molecular formula is C10H20N2O3. The van der Waals surface area contributed by atoms with Crippen LogP contribution in [0.25, 0.3) is 0 Å². The van der Waals surface area contributed by atoms with Gasteiger partial charge in [-0.25, -0.2) is 0 Å². The maximum Gasteiger partial charge on any atom is 0.309 e. The molecular weight excluding hydrogens is 196 g/mol. The van der Waals surface area contributed by atoms with E-state index in [2.05, 4.69) is 4.74 Å². The first-order chi connectivity index (χ1) is 6.88. The van der Waals surface area contributed by atoms with Gasteiger partial charge in [0.25, 0.3) is 0 Å². The molecule has 5 nitrogen and oxygen atoms in total. The number of rotatable bonds is 5. The summed E-state index contributed by atoms with van der Waals surface area (Å²) in [7, 11) is 6.59. The molecule has 15 heavy (non-hydrogen) atoms. The number of hydrogen-bond donors (Lipinski definition) is 0. The number of ether oxygens (including phenoxy) is 1. The van der Waals surface area contributed by atoms with Gasteiger partial charge in [-0.2, -0.15) is 0 Å². The van der Waals surface area contributed by atoms with Crippen LogP contribution in [0.1, 0.15) is 6.92 Å². The van der Waals surface area contributed by atoms with Crippen LogP contribution in [0, 0.1) is 5.92 Å². The van der Waals surface area contributed by atoms with Crippen LogP contribution in [0.5, 0.6) is 0 Å². The molecule has 5 heteroatoms. The minimum absolute atomic E-state index is 0.0227. The Bertz CT molecular complexity index is 229. The maximum absolute atomic E-state index is 11.3. The summed E-state index contributed by atoms with van der Waals surface area (Å²) in [5.41, 5.74) is 0. The fraction of sp³-hybridized carbons (Fsp3) is 0.800. The molecule has 0 fully saturated rings. The number of carbonyl (C=O) groups excluding carboxylic acids is 2. The molecule has 88 valence electrons. The van der Waals surface area contributed by atoms with Crippen LogP contribution in [0.4, 0.5) is 0 Å². The van der Waals surface area contributed by atoms with E-state index in [4.69, 9.17) is 0 Å². The van der Waals surface area contributed by atoms with Gasteiger partial charge in [0.1, 0.15) is 0 Å². The Balaban J connectivity index is 3.98. The molecule has 0 radical (unpaired) electrons. The Morgan fingerprint density at radius 1 is 1.27 bits per heavy atom. The van der Waals surface area contributed by atoms with Gasteiger partial charge >= 0.3 is 5.97 Å². The molecule has 1 atom stereocenters. The molecule has 0 saturated carbocycles. The fourth-order valence-corrected chi connectivity index (χ4v) is 1.18. The standard InChI is InChI=1S/C10H20N2O3/c1-8(10(14)15-5)6-12(4)7-9(13)11(2)3/h8H,6-7H2,1-5H3. The maximum atomic E-state index is 11.3. The highest BCUT2D eigenvalue weighted by molar-refractivity contribution is 5.77. The number of methoxy groups -OCH3 is 1. The highest BCUT2D eigenvalue weighted by atomic mass is 16.5. The van der Waals surface area contributed by atoms with Crippen molar-refractivity contribution in [3.05, 3.63) is 0 Å². The lowest BCUT2D eigenvalue weighted by molar-refractivity contribution is -0.145. The molecule has 1 unspecified atom stereocenters. The Hall–Kier alpha value is -1.10. The van der Waals surface area contributed by atoms with Gasteiger partial charge in [0.15, 0.2) is 0 Å². The average Bonchev–Trinajstić information content (AvgIpc) is 2.15. The van der Waals surface area contributed by atoms with Crippen molar-refractivity contribution in [2.45, 2.75) is 6.92 Å². The summed E-state index contributed by atoms with van der Waals surface area (Å²) in [4.78, 5) is 25.8. The minimum atomic E-state index is -0.251. The van der Waals surface area contributed by atoms with E-state index in [9.17, 15) is 9.59 Å². The second-order valence-electron chi connectivity index (χ2n) is 3.91. The van der Waals surface area contributed by atoms with E-state index in [0.29, 0.717) is 13.1 Å². The van der Waals surface area contributed by atoms with Crippen molar-refractivity contribution >= 4 is 11.9 Å². The predicted molar refractivity (Wildman–Crippen MR) is 57.4 cm³/mol. The minimum Gasteiger partial charge on any atom is -0.469 e. The average molecular weight is 216 g/mol. The molecule has 0 aromatic rings. The highest BCUT2D eigenvalue weighted by Crippen LogP contribution is 2.00. The van der Waals surface area contributed by atoms with Crippen LogP contribution < -0.4 is 0 Å². The Labute approximate surface area is 91.0 Å². The SMILES string of the molecule is COC(=O)C(C)CN(C)CC(=O)N(C)C. The van der Waals surface area contributed by atoms with Gasteiger partial charge in [0.2, 0.25) is 5.91 Å². The molecule has 0 rings (SSSR count). The van der Waals surface area contributed by atoms with Gasteiger partial charge in [0.05, 0.1) is 19.6 Å². The fourth-order valence-electron chi connectivity index (χ4n) is 1.18. The number of amides is 1. The first-order valence-corrected chi connectivity index (χ1v) is 4.85. The summed E-state index contributed by atoms with van der Waals surface area (Å²) >= 11 is 0. The van der Waals surface area contributed by atoms with Crippen molar-refractivity contribution in [1.82, 2.24) is 9.80 Å². The van der Waals surface area contributed by atoms with Gasteiger partial charge in [-0.05, 0) is 7.05 Å². The van der Waals surface area contributed by atoms with Crippen molar-refractivity contribution < 1.29 is 14.3 Å². The van der Waals surface area contributed by atoms with Crippen LogP contribution in [0.3, 0.4) is 0 Å². The van der Waals surface area contributed by atoms with Gasteiger partial charge < -0.3 is 9.64 Å². The van der Waals surface area contributed by atoms with E-state index >= 15 is 0 Å². The third-order valence-corrected chi connectivity index (χ3v) is 2.09. The second kappa shape index (κ2) is 6.40. The van der Waals surface area contributed by atoms with Crippen molar-refractivity contribution in [1.29, 1.82) is 0 Å². The molecule has 0 saturated heterocycles. The Morgan fingerprint density at radius 3 is 2.20 bits per heavy atom. The van der Waals surface area contributed by atoms with E-state index < -0.39 is 0 Å². The highest BCUT2D eigenvalue weighted by Gasteiger charge is 2.17. The topological polar surface area (TPSA) is 49.9 Å². The summed E-state index contributed by atoms with van der Waals surface area (Å²) in [5.74, 6) is -0.441. The van der Waals surface area contributed by atoms with Crippen LogP contribution in [0.2, 0.25) is 0 Å². The van der Waals surface area contributed by atoms with Gasteiger partial charge in [-0.3, -0.25) is 14.5 Å². The third kappa shape index (κ3) is 5.37. The number of nitrogens with zero attached hydrogens (tertiary/aromatic N) is 2. The number of likely N-dealkylation sites (N-methyl/N-ethyl adjacent to an activating group) is 2. The summed E-state index contributed by atoms with van der Waals surface area (Å²) in [6.07, 6.45) is 0.